The van der Waals surface area contributed by atoms with Crippen LogP contribution in [0.4, 0.5) is 10.5 Å². The molecule has 10 nitrogen and oxygen atoms in total. The summed E-state index contributed by atoms with van der Waals surface area (Å²) in [6.45, 7) is 1.77. The number of ether oxygens (including phenoxy) is 2. The molecule has 0 aliphatic heterocycles. The number of hydrogen-bond donors (Lipinski definition) is 2. The van der Waals surface area contributed by atoms with Crippen LogP contribution in [0.25, 0.3) is 22.3 Å². The van der Waals surface area contributed by atoms with Crippen molar-refractivity contribution in [2.45, 2.75) is 6.92 Å². The Morgan fingerprint density at radius 2 is 2.00 bits per heavy atom. The van der Waals surface area contributed by atoms with Crippen LogP contribution in [-0.4, -0.2) is 28.6 Å². The monoisotopic (exact) mass is 447 g/mol. The fourth-order valence-corrected chi connectivity index (χ4v) is 3.08. The SMILES string of the molecule is CCOC(=O)Nc1cc(OC(=O)c2cccnc2)ccc1-c1cc(=O)c2c(=O)[nH]ccc2o1. The second-order valence-corrected chi connectivity index (χ2v) is 6.71. The Hall–Kier alpha value is -4.73. The molecule has 0 aliphatic rings. The van der Waals surface area contributed by atoms with Crippen molar-refractivity contribution in [3.8, 4) is 17.1 Å². The van der Waals surface area contributed by atoms with Crippen molar-refractivity contribution in [1.82, 2.24) is 9.97 Å². The molecule has 0 bridgehead atoms. The first kappa shape index (κ1) is 21.5. The molecule has 10 heteroatoms. The molecule has 1 amide bonds. The van der Waals surface area contributed by atoms with Gasteiger partial charge in [0.05, 0.1) is 17.9 Å². The van der Waals surface area contributed by atoms with Gasteiger partial charge in [-0.3, -0.25) is 19.9 Å². The number of rotatable bonds is 5. The van der Waals surface area contributed by atoms with E-state index in [9.17, 15) is 19.2 Å². The molecule has 166 valence electrons. The Morgan fingerprint density at radius 3 is 2.76 bits per heavy atom. The number of nitrogens with one attached hydrogen (secondary N) is 2. The van der Waals surface area contributed by atoms with Gasteiger partial charge < -0.3 is 18.9 Å². The molecular formula is C23H17N3O7. The molecule has 3 aromatic heterocycles. The summed E-state index contributed by atoms with van der Waals surface area (Å²) in [6.07, 6.45) is 3.49. The van der Waals surface area contributed by atoms with E-state index in [1.165, 1.54) is 42.9 Å². The van der Waals surface area contributed by atoms with Gasteiger partial charge in [-0.25, -0.2) is 9.59 Å². The number of carbonyl (C=O) groups excluding carboxylic acids is 2. The Kier molecular flexibility index (Phi) is 5.98. The quantitative estimate of drug-likeness (QED) is 0.351. The number of anilines is 1. The van der Waals surface area contributed by atoms with Crippen LogP contribution in [0.15, 0.2) is 75.1 Å². The summed E-state index contributed by atoms with van der Waals surface area (Å²) in [4.78, 5) is 55.2. The van der Waals surface area contributed by atoms with Crippen LogP contribution < -0.4 is 21.0 Å². The van der Waals surface area contributed by atoms with Crippen LogP contribution in [0.3, 0.4) is 0 Å². The number of hydrogen-bond acceptors (Lipinski definition) is 8. The highest BCUT2D eigenvalue weighted by atomic mass is 16.5. The van der Waals surface area contributed by atoms with Crippen LogP contribution in [0.1, 0.15) is 17.3 Å². The van der Waals surface area contributed by atoms with E-state index in [4.69, 9.17) is 13.9 Å². The minimum absolute atomic E-state index is 0.0791. The Balaban J connectivity index is 1.76. The van der Waals surface area contributed by atoms with E-state index in [-0.39, 0.29) is 40.3 Å². The van der Waals surface area contributed by atoms with Gasteiger partial charge >= 0.3 is 12.1 Å². The van der Waals surface area contributed by atoms with Gasteiger partial charge in [-0.1, -0.05) is 0 Å². The van der Waals surface area contributed by atoms with Crippen LogP contribution >= 0.6 is 0 Å². The van der Waals surface area contributed by atoms with Crippen LogP contribution in [0.5, 0.6) is 5.75 Å². The summed E-state index contributed by atoms with van der Waals surface area (Å²) in [5.74, 6) is -0.427. The van der Waals surface area contributed by atoms with Crippen molar-refractivity contribution >= 4 is 28.7 Å². The average molecular weight is 447 g/mol. The first-order chi connectivity index (χ1) is 16.0. The molecule has 3 heterocycles. The second kappa shape index (κ2) is 9.18. The number of esters is 1. The smallest absolute Gasteiger partial charge is 0.411 e. The van der Waals surface area contributed by atoms with Gasteiger partial charge in [-0.15, -0.1) is 0 Å². The molecule has 0 unspecified atom stereocenters. The van der Waals surface area contributed by atoms with E-state index in [1.807, 2.05) is 0 Å². The lowest BCUT2D eigenvalue weighted by molar-refractivity contribution is 0.0734. The predicted molar refractivity (Wildman–Crippen MR) is 118 cm³/mol. The number of nitrogens with zero attached hydrogens (tertiary/aromatic N) is 1. The van der Waals surface area contributed by atoms with E-state index >= 15 is 0 Å². The number of H-pyrrole nitrogens is 1. The van der Waals surface area contributed by atoms with E-state index < -0.39 is 23.1 Å². The molecule has 1 aromatic carbocycles. The van der Waals surface area contributed by atoms with E-state index in [0.717, 1.165) is 6.07 Å². The lowest BCUT2D eigenvalue weighted by atomic mass is 10.1. The second-order valence-electron chi connectivity index (χ2n) is 6.71. The lowest BCUT2D eigenvalue weighted by Gasteiger charge is -2.13. The van der Waals surface area contributed by atoms with Crippen molar-refractivity contribution in [3.05, 3.63) is 87.2 Å². The van der Waals surface area contributed by atoms with Crippen molar-refractivity contribution in [2.75, 3.05) is 11.9 Å². The van der Waals surface area contributed by atoms with Gasteiger partial charge in [0, 0.05) is 36.3 Å². The number of carbonyl (C=O) groups is 2. The predicted octanol–water partition coefficient (Wildman–Crippen LogP) is 3.33. The molecule has 0 saturated heterocycles. The highest BCUT2D eigenvalue weighted by molar-refractivity contribution is 5.93. The fourth-order valence-electron chi connectivity index (χ4n) is 3.08. The molecule has 0 spiro atoms. The molecular weight excluding hydrogens is 430 g/mol. The van der Waals surface area contributed by atoms with Crippen LogP contribution in [0.2, 0.25) is 0 Å². The van der Waals surface area contributed by atoms with Gasteiger partial charge in [0.25, 0.3) is 5.56 Å². The molecule has 0 saturated carbocycles. The standard InChI is InChI=1S/C23H17N3O7/c1-2-31-23(30)26-16-10-14(32-22(29)13-4-3-8-24-12-13)5-6-15(16)19-11-17(27)20-18(33-19)7-9-25-21(20)28/h3-12H,2H2,1H3,(H,25,28)(H,26,30). The Morgan fingerprint density at radius 1 is 1.15 bits per heavy atom. The number of aromatic nitrogens is 2. The largest absolute Gasteiger partial charge is 0.455 e. The maximum Gasteiger partial charge on any atom is 0.411 e. The maximum absolute atomic E-state index is 12.5. The zero-order chi connectivity index (χ0) is 23.4. The summed E-state index contributed by atoms with van der Waals surface area (Å²) in [5, 5.41) is 2.43. The highest BCUT2D eigenvalue weighted by Crippen LogP contribution is 2.32. The van der Waals surface area contributed by atoms with Gasteiger partial charge in [0.15, 0.2) is 5.43 Å². The van der Waals surface area contributed by atoms with E-state index in [1.54, 1.807) is 19.1 Å². The van der Waals surface area contributed by atoms with Crippen molar-refractivity contribution < 1.29 is 23.5 Å². The van der Waals surface area contributed by atoms with Gasteiger partial charge in [-0.05, 0) is 37.3 Å². The lowest BCUT2D eigenvalue weighted by Crippen LogP contribution is -2.16. The minimum atomic E-state index is -0.755. The number of aromatic amines is 1. The molecule has 4 aromatic rings. The summed E-state index contributed by atoms with van der Waals surface area (Å²) in [6, 6.07) is 10.1. The first-order valence-electron chi connectivity index (χ1n) is 9.82. The molecule has 0 aliphatic carbocycles. The summed E-state index contributed by atoms with van der Waals surface area (Å²) >= 11 is 0. The van der Waals surface area contributed by atoms with E-state index in [0.29, 0.717) is 5.56 Å². The van der Waals surface area contributed by atoms with Crippen molar-refractivity contribution in [1.29, 1.82) is 0 Å². The third kappa shape index (κ3) is 4.64. The third-order valence-corrected chi connectivity index (χ3v) is 4.53. The fraction of sp³-hybridized carbons (Fsp3) is 0.0870. The molecule has 0 atom stereocenters. The van der Waals surface area contributed by atoms with Crippen molar-refractivity contribution in [2.24, 2.45) is 0 Å². The molecule has 0 radical (unpaired) electrons. The zero-order valence-electron chi connectivity index (χ0n) is 17.3. The van der Waals surface area contributed by atoms with Crippen LogP contribution in [-0.2, 0) is 4.74 Å². The normalized spacial score (nSPS) is 10.6. The number of amides is 1. The van der Waals surface area contributed by atoms with Gasteiger partial charge in [0.2, 0.25) is 0 Å². The van der Waals surface area contributed by atoms with Gasteiger partial charge in [-0.2, -0.15) is 0 Å². The summed E-state index contributed by atoms with van der Waals surface area (Å²) in [7, 11) is 0. The first-order valence-corrected chi connectivity index (χ1v) is 9.82. The average Bonchev–Trinajstić information content (AvgIpc) is 2.80. The Labute approximate surface area is 185 Å². The Bertz CT molecular complexity index is 1460. The molecule has 2 N–H and O–H groups in total. The summed E-state index contributed by atoms with van der Waals surface area (Å²) in [5.41, 5.74) is -0.332. The third-order valence-electron chi connectivity index (χ3n) is 4.53. The molecule has 0 fully saturated rings. The van der Waals surface area contributed by atoms with E-state index in [2.05, 4.69) is 15.3 Å². The number of benzene rings is 1. The van der Waals surface area contributed by atoms with Gasteiger partial charge in [0.1, 0.15) is 22.5 Å². The highest BCUT2D eigenvalue weighted by Gasteiger charge is 2.17. The number of pyridine rings is 2. The molecule has 4 rings (SSSR count). The van der Waals surface area contributed by atoms with Crippen LogP contribution in [0, 0.1) is 0 Å². The molecule has 33 heavy (non-hydrogen) atoms. The van der Waals surface area contributed by atoms with Crippen molar-refractivity contribution in [3.63, 3.8) is 0 Å². The summed E-state index contributed by atoms with van der Waals surface area (Å²) < 4.78 is 16.1. The zero-order valence-corrected chi connectivity index (χ0v) is 17.3. The minimum Gasteiger partial charge on any atom is -0.455 e. The number of fused-ring (bicyclic) bond motifs is 1. The topological polar surface area (TPSA) is 141 Å². The maximum atomic E-state index is 12.5.